The molecule has 0 saturated carbocycles. The highest BCUT2D eigenvalue weighted by Gasteiger charge is 2.38. The molecule has 0 radical (unpaired) electrons. The van der Waals surface area contributed by atoms with Crippen LogP contribution < -0.4 is 10.1 Å². The van der Waals surface area contributed by atoms with Crippen LogP contribution in [0.4, 0.5) is 0 Å². The minimum Gasteiger partial charge on any atom is -0.487 e. The van der Waals surface area contributed by atoms with Crippen molar-refractivity contribution < 1.29 is 4.74 Å². The zero-order chi connectivity index (χ0) is 13.3. The number of halogens is 1. The van der Waals surface area contributed by atoms with Gasteiger partial charge >= 0.3 is 0 Å². The fraction of sp³-hybridized carbons (Fsp3) is 0.600. The van der Waals surface area contributed by atoms with E-state index >= 15 is 0 Å². The third-order valence-corrected chi connectivity index (χ3v) is 4.61. The van der Waals surface area contributed by atoms with E-state index in [1.165, 1.54) is 5.56 Å². The van der Waals surface area contributed by atoms with Gasteiger partial charge in [-0.3, -0.25) is 0 Å². The van der Waals surface area contributed by atoms with Crippen LogP contribution in [0.2, 0.25) is 5.02 Å². The van der Waals surface area contributed by atoms with Gasteiger partial charge in [0.05, 0.1) is 0 Å². The highest BCUT2D eigenvalue weighted by molar-refractivity contribution is 6.31. The van der Waals surface area contributed by atoms with Gasteiger partial charge in [-0.25, -0.2) is 0 Å². The van der Waals surface area contributed by atoms with Crippen molar-refractivity contribution in [2.24, 2.45) is 0 Å². The zero-order valence-electron chi connectivity index (χ0n) is 11.6. The van der Waals surface area contributed by atoms with Crippen molar-refractivity contribution in [3.63, 3.8) is 0 Å². The lowest BCUT2D eigenvalue weighted by molar-refractivity contribution is 0.0238. The second-order valence-corrected chi connectivity index (χ2v) is 5.58. The molecule has 0 amide bonds. The van der Waals surface area contributed by atoms with Gasteiger partial charge in [0.2, 0.25) is 0 Å². The lowest BCUT2D eigenvalue weighted by Gasteiger charge is -2.41. The van der Waals surface area contributed by atoms with Gasteiger partial charge in [-0.1, -0.05) is 25.4 Å². The fourth-order valence-corrected chi connectivity index (χ4v) is 2.90. The largest absolute Gasteiger partial charge is 0.487 e. The van der Waals surface area contributed by atoms with E-state index in [-0.39, 0.29) is 5.60 Å². The first-order chi connectivity index (χ1) is 8.55. The number of fused-ring (bicyclic) bond motifs is 1. The smallest absolute Gasteiger partial charge is 0.125 e. The number of benzene rings is 1. The van der Waals surface area contributed by atoms with Crippen LogP contribution in [-0.2, 0) is 0 Å². The topological polar surface area (TPSA) is 21.3 Å². The molecule has 0 spiro atoms. The summed E-state index contributed by atoms with van der Waals surface area (Å²) in [5, 5.41) is 4.21. The molecule has 2 nitrogen and oxygen atoms in total. The predicted molar refractivity (Wildman–Crippen MR) is 76.5 cm³/mol. The number of ether oxygens (including phenoxy) is 1. The van der Waals surface area contributed by atoms with Crippen LogP contribution in [0.1, 0.15) is 50.3 Å². The van der Waals surface area contributed by atoms with Crippen molar-refractivity contribution in [1.29, 1.82) is 0 Å². The Morgan fingerprint density at radius 1 is 1.39 bits per heavy atom. The highest BCUT2D eigenvalue weighted by Crippen LogP contribution is 2.44. The quantitative estimate of drug-likeness (QED) is 0.884. The van der Waals surface area contributed by atoms with E-state index in [0.29, 0.717) is 6.04 Å². The van der Waals surface area contributed by atoms with Crippen LogP contribution in [0.5, 0.6) is 5.75 Å². The molecule has 1 aliphatic heterocycles. The maximum atomic E-state index is 6.29. The van der Waals surface area contributed by atoms with Gasteiger partial charge in [0.1, 0.15) is 11.4 Å². The summed E-state index contributed by atoms with van der Waals surface area (Å²) in [6.07, 6.45) is 3.06. The molecule has 0 aromatic heterocycles. The van der Waals surface area contributed by atoms with Gasteiger partial charge in [0.15, 0.2) is 0 Å². The van der Waals surface area contributed by atoms with Crippen molar-refractivity contribution in [1.82, 2.24) is 5.32 Å². The van der Waals surface area contributed by atoms with Crippen molar-refractivity contribution in [2.45, 2.75) is 51.7 Å². The summed E-state index contributed by atoms with van der Waals surface area (Å²) in [6, 6.07) is 4.44. The molecular weight excluding hydrogens is 246 g/mol. The second kappa shape index (κ2) is 5.10. The van der Waals surface area contributed by atoms with Gasteiger partial charge in [-0.05, 0) is 44.5 Å². The third-order valence-electron chi connectivity index (χ3n) is 4.21. The average molecular weight is 268 g/mol. The van der Waals surface area contributed by atoms with Crippen LogP contribution in [0.3, 0.4) is 0 Å². The van der Waals surface area contributed by atoms with Gasteiger partial charge in [0, 0.05) is 23.0 Å². The Labute approximate surface area is 115 Å². The lowest BCUT2D eigenvalue weighted by Crippen LogP contribution is -2.42. The summed E-state index contributed by atoms with van der Waals surface area (Å²) in [5.74, 6) is 0.992. The molecule has 1 atom stereocenters. The molecule has 1 heterocycles. The van der Waals surface area contributed by atoms with Crippen LogP contribution >= 0.6 is 11.6 Å². The molecule has 1 aromatic carbocycles. The van der Waals surface area contributed by atoms with Gasteiger partial charge in [0.25, 0.3) is 0 Å². The Kier molecular flexibility index (Phi) is 3.88. The Balaban J connectivity index is 2.48. The van der Waals surface area contributed by atoms with E-state index in [9.17, 15) is 0 Å². The first-order valence-electron chi connectivity index (χ1n) is 6.71. The molecule has 0 aliphatic carbocycles. The molecule has 100 valence electrons. The highest BCUT2D eigenvalue weighted by atomic mass is 35.5. The molecular formula is C15H22ClNO. The molecule has 0 saturated heterocycles. The lowest BCUT2D eigenvalue weighted by atomic mass is 9.83. The average Bonchev–Trinajstić information content (AvgIpc) is 2.39. The van der Waals surface area contributed by atoms with E-state index in [1.807, 2.05) is 20.0 Å². The van der Waals surface area contributed by atoms with Gasteiger partial charge < -0.3 is 10.1 Å². The normalized spacial score (nSPS) is 21.3. The third kappa shape index (κ3) is 2.24. The number of hydrogen-bond acceptors (Lipinski definition) is 2. The fourth-order valence-electron chi connectivity index (χ4n) is 2.73. The summed E-state index contributed by atoms with van der Waals surface area (Å²) in [6.45, 7) is 6.42. The number of rotatable bonds is 3. The second-order valence-electron chi connectivity index (χ2n) is 5.18. The zero-order valence-corrected chi connectivity index (χ0v) is 12.4. The summed E-state index contributed by atoms with van der Waals surface area (Å²) in [7, 11) is 2.00. The molecule has 18 heavy (non-hydrogen) atoms. The Morgan fingerprint density at radius 2 is 2.06 bits per heavy atom. The van der Waals surface area contributed by atoms with Crippen LogP contribution in [-0.4, -0.2) is 12.6 Å². The maximum Gasteiger partial charge on any atom is 0.125 e. The van der Waals surface area contributed by atoms with Crippen LogP contribution in [0.15, 0.2) is 12.1 Å². The minimum atomic E-state index is -0.0407. The first kappa shape index (κ1) is 13.7. The molecule has 3 heteroatoms. The van der Waals surface area contributed by atoms with E-state index in [2.05, 4.69) is 25.2 Å². The molecule has 2 rings (SSSR count). The van der Waals surface area contributed by atoms with Crippen molar-refractivity contribution >= 4 is 11.6 Å². The predicted octanol–water partition coefficient (Wildman–Crippen LogP) is 4.25. The molecule has 0 fully saturated rings. The van der Waals surface area contributed by atoms with Gasteiger partial charge in [-0.2, -0.15) is 0 Å². The van der Waals surface area contributed by atoms with E-state index in [4.69, 9.17) is 16.3 Å². The standard InChI is InChI=1S/C15H22ClNO/c1-5-15(6-2)9-13(17-4)11-8-12(16)10(3)7-14(11)18-15/h7-8,13,17H,5-6,9H2,1-4H3. The van der Waals surface area contributed by atoms with E-state index in [0.717, 1.165) is 35.6 Å². The van der Waals surface area contributed by atoms with Crippen molar-refractivity contribution in [2.75, 3.05) is 7.05 Å². The number of nitrogens with one attached hydrogen (secondary N) is 1. The van der Waals surface area contributed by atoms with E-state index < -0.39 is 0 Å². The summed E-state index contributed by atoms with van der Waals surface area (Å²) >= 11 is 6.22. The van der Waals surface area contributed by atoms with Crippen molar-refractivity contribution in [3.05, 3.63) is 28.3 Å². The first-order valence-corrected chi connectivity index (χ1v) is 7.09. The minimum absolute atomic E-state index is 0.0407. The summed E-state index contributed by atoms with van der Waals surface area (Å²) < 4.78 is 6.29. The van der Waals surface area contributed by atoms with Crippen LogP contribution in [0, 0.1) is 6.92 Å². The van der Waals surface area contributed by atoms with E-state index in [1.54, 1.807) is 0 Å². The van der Waals surface area contributed by atoms with Crippen molar-refractivity contribution in [3.8, 4) is 5.75 Å². The molecule has 0 bridgehead atoms. The molecule has 1 aliphatic rings. The monoisotopic (exact) mass is 267 g/mol. The van der Waals surface area contributed by atoms with Gasteiger partial charge in [-0.15, -0.1) is 0 Å². The Hall–Kier alpha value is -0.730. The summed E-state index contributed by atoms with van der Waals surface area (Å²) in [5.41, 5.74) is 2.22. The summed E-state index contributed by atoms with van der Waals surface area (Å²) in [4.78, 5) is 0. The number of hydrogen-bond donors (Lipinski definition) is 1. The maximum absolute atomic E-state index is 6.29. The molecule has 1 unspecified atom stereocenters. The Bertz CT molecular complexity index is 440. The van der Waals surface area contributed by atoms with Crippen LogP contribution in [0.25, 0.3) is 0 Å². The molecule has 1 aromatic rings. The number of aryl methyl sites for hydroxylation is 1. The molecule has 1 N–H and O–H groups in total. The SMILES string of the molecule is CCC1(CC)CC(NC)c2cc(Cl)c(C)cc2O1. The Morgan fingerprint density at radius 3 is 2.61 bits per heavy atom.